The zero-order valence-electron chi connectivity index (χ0n) is 14.9. The quantitative estimate of drug-likeness (QED) is 0.684. The van der Waals surface area contributed by atoms with Gasteiger partial charge in [-0.25, -0.2) is 0 Å². The summed E-state index contributed by atoms with van der Waals surface area (Å²) in [5.41, 5.74) is 11.8. The fourth-order valence-corrected chi connectivity index (χ4v) is 3.17. The monoisotopic (exact) mass is 322 g/mol. The van der Waals surface area contributed by atoms with E-state index in [0.717, 1.165) is 27.7 Å². The van der Waals surface area contributed by atoms with E-state index >= 15 is 0 Å². The topological polar surface area (TPSA) is 51.2 Å². The van der Waals surface area contributed by atoms with E-state index in [1.165, 1.54) is 5.56 Å². The fourth-order valence-electron chi connectivity index (χ4n) is 3.17. The number of anilines is 1. The highest BCUT2D eigenvalue weighted by Crippen LogP contribution is 2.36. The maximum Gasteiger partial charge on any atom is 0.0636 e. The number of nitrogens with zero attached hydrogens (tertiary/aromatic N) is 1. The summed E-state index contributed by atoms with van der Waals surface area (Å²) in [6.45, 7) is 8.71. The average Bonchev–Trinajstić information content (AvgIpc) is 2.97. The van der Waals surface area contributed by atoms with Crippen molar-refractivity contribution in [2.24, 2.45) is 0 Å². The smallest absolute Gasteiger partial charge is 0.0636 e. The molecule has 3 heteroatoms. The molecule has 0 spiro atoms. The summed E-state index contributed by atoms with van der Waals surface area (Å²) in [5.74, 6) is 0. The molecule has 0 aliphatic carbocycles. The molecule has 0 amide bonds. The van der Waals surface area contributed by atoms with Crippen LogP contribution in [0.1, 0.15) is 39.3 Å². The van der Waals surface area contributed by atoms with Crippen molar-refractivity contribution < 1.29 is 5.11 Å². The maximum absolute atomic E-state index is 9.46. The van der Waals surface area contributed by atoms with Crippen LogP contribution < -0.4 is 5.73 Å². The Kier molecular flexibility index (Phi) is 4.14. The molecule has 0 bridgehead atoms. The minimum absolute atomic E-state index is 0.0540. The van der Waals surface area contributed by atoms with Gasteiger partial charge in [-0.05, 0) is 41.7 Å². The first kappa shape index (κ1) is 16.6. The van der Waals surface area contributed by atoms with Gasteiger partial charge in [0.2, 0.25) is 0 Å². The number of aliphatic hydroxyl groups excluding tert-OH is 1. The van der Waals surface area contributed by atoms with Gasteiger partial charge in [-0.15, -0.1) is 0 Å². The van der Waals surface area contributed by atoms with Crippen LogP contribution in [0.15, 0.2) is 48.7 Å². The molecule has 1 atom stereocenters. The van der Waals surface area contributed by atoms with Crippen molar-refractivity contribution in [3.05, 3.63) is 54.2 Å². The summed E-state index contributed by atoms with van der Waals surface area (Å²) in [7, 11) is 0. The Morgan fingerprint density at radius 1 is 1.08 bits per heavy atom. The molecule has 3 aromatic rings. The van der Waals surface area contributed by atoms with Crippen LogP contribution in [0, 0.1) is 0 Å². The van der Waals surface area contributed by atoms with Gasteiger partial charge in [0.05, 0.1) is 12.6 Å². The largest absolute Gasteiger partial charge is 0.398 e. The number of hydrogen-bond acceptors (Lipinski definition) is 2. The lowest BCUT2D eigenvalue weighted by atomic mass is 9.85. The van der Waals surface area contributed by atoms with Crippen LogP contribution >= 0.6 is 0 Å². The Morgan fingerprint density at radius 2 is 1.83 bits per heavy atom. The third-order valence-corrected chi connectivity index (χ3v) is 4.71. The lowest BCUT2D eigenvalue weighted by Gasteiger charge is -2.20. The van der Waals surface area contributed by atoms with Gasteiger partial charge in [0.25, 0.3) is 0 Å². The second-order valence-electron chi connectivity index (χ2n) is 7.55. The predicted molar refractivity (Wildman–Crippen MR) is 102 cm³/mol. The molecule has 3 N–H and O–H groups in total. The number of nitrogen functional groups attached to an aromatic ring is 1. The van der Waals surface area contributed by atoms with E-state index in [0.29, 0.717) is 0 Å². The van der Waals surface area contributed by atoms with Crippen molar-refractivity contribution >= 4 is 16.6 Å². The molecule has 3 nitrogen and oxygen atoms in total. The Bertz CT molecular complexity index is 871. The van der Waals surface area contributed by atoms with E-state index in [2.05, 4.69) is 67.8 Å². The number of fused-ring (bicyclic) bond motifs is 1. The minimum atomic E-state index is 0.0540. The predicted octanol–water partition coefficient (Wildman–Crippen LogP) is 4.74. The molecular formula is C21H26N2O. The highest BCUT2D eigenvalue weighted by atomic mass is 16.3. The first-order valence-corrected chi connectivity index (χ1v) is 8.43. The summed E-state index contributed by atoms with van der Waals surface area (Å²) in [6.07, 6.45) is 2.04. The lowest BCUT2D eigenvalue weighted by molar-refractivity contribution is 0.241. The number of rotatable bonds is 3. The van der Waals surface area contributed by atoms with Crippen LogP contribution in [-0.2, 0) is 5.41 Å². The van der Waals surface area contributed by atoms with Crippen LogP contribution in [0.3, 0.4) is 0 Å². The molecule has 126 valence electrons. The summed E-state index contributed by atoms with van der Waals surface area (Å²) in [4.78, 5) is 0. The first-order chi connectivity index (χ1) is 11.3. The second-order valence-corrected chi connectivity index (χ2v) is 7.55. The third-order valence-electron chi connectivity index (χ3n) is 4.71. The molecule has 2 aromatic carbocycles. The standard InChI is InChI=1S/C21H26N2O/c1-14(13-24)23-11-10-18-16(6-5-7-20(18)23)17-9-8-15(12-19(17)22)21(2,3)4/h5-12,14,24H,13,22H2,1-4H3/t14-/m1/s1. The molecule has 0 unspecified atom stereocenters. The van der Waals surface area contributed by atoms with Gasteiger partial charge >= 0.3 is 0 Å². The highest BCUT2D eigenvalue weighted by Gasteiger charge is 2.17. The molecule has 1 heterocycles. The van der Waals surface area contributed by atoms with Crippen LogP contribution in [-0.4, -0.2) is 16.3 Å². The minimum Gasteiger partial charge on any atom is -0.398 e. The van der Waals surface area contributed by atoms with Gasteiger partial charge in [-0.3, -0.25) is 0 Å². The summed E-state index contributed by atoms with van der Waals surface area (Å²) in [5, 5.41) is 10.6. The van der Waals surface area contributed by atoms with Crippen LogP contribution in [0.5, 0.6) is 0 Å². The van der Waals surface area contributed by atoms with Crippen LogP contribution in [0.25, 0.3) is 22.0 Å². The van der Waals surface area contributed by atoms with Gasteiger partial charge in [-0.1, -0.05) is 45.0 Å². The maximum atomic E-state index is 9.46. The third kappa shape index (κ3) is 2.80. The normalized spacial score (nSPS) is 13.4. The number of nitrogens with two attached hydrogens (primary N) is 1. The van der Waals surface area contributed by atoms with Gasteiger partial charge in [-0.2, -0.15) is 0 Å². The van der Waals surface area contributed by atoms with E-state index < -0.39 is 0 Å². The summed E-state index contributed by atoms with van der Waals surface area (Å²) >= 11 is 0. The number of aromatic nitrogens is 1. The average molecular weight is 322 g/mol. The molecule has 0 saturated carbocycles. The second kappa shape index (κ2) is 5.99. The number of aliphatic hydroxyl groups is 1. The Balaban J connectivity index is 2.15. The molecular weight excluding hydrogens is 296 g/mol. The SMILES string of the molecule is C[C@H](CO)n1ccc2c(-c3ccc(C(C)(C)C)cc3N)cccc21. The van der Waals surface area contributed by atoms with E-state index in [1.807, 2.05) is 13.1 Å². The molecule has 1 aromatic heterocycles. The highest BCUT2D eigenvalue weighted by molar-refractivity contribution is 5.98. The zero-order valence-corrected chi connectivity index (χ0v) is 14.9. The van der Waals surface area contributed by atoms with Crippen molar-refractivity contribution in [2.75, 3.05) is 12.3 Å². The van der Waals surface area contributed by atoms with Crippen molar-refractivity contribution in [2.45, 2.75) is 39.2 Å². The molecule has 3 rings (SSSR count). The molecule has 24 heavy (non-hydrogen) atoms. The zero-order chi connectivity index (χ0) is 17.5. The van der Waals surface area contributed by atoms with E-state index in [1.54, 1.807) is 0 Å². The summed E-state index contributed by atoms with van der Waals surface area (Å²) < 4.78 is 2.11. The van der Waals surface area contributed by atoms with E-state index in [-0.39, 0.29) is 18.1 Å². The van der Waals surface area contributed by atoms with Crippen LogP contribution in [0.4, 0.5) is 5.69 Å². The van der Waals surface area contributed by atoms with E-state index in [9.17, 15) is 5.11 Å². The molecule has 0 aliphatic rings. The Morgan fingerprint density at radius 3 is 2.46 bits per heavy atom. The lowest BCUT2D eigenvalue weighted by Crippen LogP contribution is -2.11. The van der Waals surface area contributed by atoms with Crippen molar-refractivity contribution in [1.82, 2.24) is 4.57 Å². The van der Waals surface area contributed by atoms with Gasteiger partial charge in [0.1, 0.15) is 0 Å². The Labute approximate surface area is 143 Å². The fraction of sp³-hybridized carbons (Fsp3) is 0.333. The Hall–Kier alpha value is -2.26. The van der Waals surface area contributed by atoms with Gasteiger partial charge in [0.15, 0.2) is 0 Å². The van der Waals surface area contributed by atoms with Crippen molar-refractivity contribution in [3.63, 3.8) is 0 Å². The number of benzene rings is 2. The van der Waals surface area contributed by atoms with Gasteiger partial charge in [0, 0.05) is 28.4 Å². The van der Waals surface area contributed by atoms with E-state index in [4.69, 9.17) is 5.73 Å². The summed E-state index contributed by atoms with van der Waals surface area (Å²) in [6, 6.07) is 14.8. The first-order valence-electron chi connectivity index (χ1n) is 8.43. The van der Waals surface area contributed by atoms with Crippen LogP contribution in [0.2, 0.25) is 0 Å². The van der Waals surface area contributed by atoms with Gasteiger partial charge < -0.3 is 15.4 Å². The molecule has 0 aliphatic heterocycles. The van der Waals surface area contributed by atoms with Crippen molar-refractivity contribution in [1.29, 1.82) is 0 Å². The molecule has 0 radical (unpaired) electrons. The van der Waals surface area contributed by atoms with Crippen molar-refractivity contribution in [3.8, 4) is 11.1 Å². The number of hydrogen-bond donors (Lipinski definition) is 2. The molecule has 0 fully saturated rings. The molecule has 0 saturated heterocycles.